The quantitative estimate of drug-likeness (QED) is 0.652. The molecule has 2 saturated heterocycles. The number of amides is 2. The van der Waals surface area contributed by atoms with Crippen molar-refractivity contribution < 1.29 is 26.5 Å². The molecule has 0 aromatic carbocycles. The Morgan fingerprint density at radius 2 is 2.07 bits per heavy atom. The molecule has 2 saturated carbocycles. The molecule has 5 rings (SSSR count). The molecule has 4 aliphatic rings. The van der Waals surface area contributed by atoms with Gasteiger partial charge in [0.15, 0.2) is 0 Å². The van der Waals surface area contributed by atoms with Crippen molar-refractivity contribution in [2.45, 2.75) is 56.1 Å². The minimum atomic E-state index is -4.78. The zero-order valence-corrected chi connectivity index (χ0v) is 15.6. The SMILES string of the molecule is CNC1(Cc2nnc([C@@H]3CC4(CC4)[C@@H]4CN3C(=O)N4OS(=O)(=O)O)o2)CC1. The van der Waals surface area contributed by atoms with E-state index in [-0.39, 0.29) is 11.0 Å². The Balaban J connectivity index is 1.40. The van der Waals surface area contributed by atoms with E-state index in [9.17, 15) is 13.2 Å². The first-order chi connectivity index (χ1) is 12.7. The van der Waals surface area contributed by atoms with Crippen LogP contribution in [0, 0.1) is 5.41 Å². The summed E-state index contributed by atoms with van der Waals surface area (Å²) in [5.74, 6) is 0.894. The van der Waals surface area contributed by atoms with Crippen LogP contribution in [0.15, 0.2) is 4.42 Å². The smallest absolute Gasteiger partial charge is 0.418 e. The summed E-state index contributed by atoms with van der Waals surface area (Å²) >= 11 is 0. The number of nitrogens with zero attached hydrogens (tertiary/aromatic N) is 4. The van der Waals surface area contributed by atoms with Crippen LogP contribution in [0.2, 0.25) is 0 Å². The molecule has 2 atom stereocenters. The Bertz CT molecular complexity index is 892. The third-order valence-corrected chi connectivity index (χ3v) is 6.83. The highest BCUT2D eigenvalue weighted by Gasteiger charge is 2.65. The summed E-state index contributed by atoms with van der Waals surface area (Å²) in [5.41, 5.74) is -0.210. The van der Waals surface area contributed by atoms with Crippen LogP contribution in [0.1, 0.15) is 49.9 Å². The monoisotopic (exact) mass is 399 g/mol. The molecule has 2 bridgehead atoms. The first-order valence-electron chi connectivity index (χ1n) is 9.02. The van der Waals surface area contributed by atoms with Crippen LogP contribution in [0.3, 0.4) is 0 Å². The predicted molar refractivity (Wildman–Crippen MR) is 88.4 cm³/mol. The van der Waals surface area contributed by atoms with Gasteiger partial charge in [0, 0.05) is 18.5 Å². The van der Waals surface area contributed by atoms with Gasteiger partial charge in [0.25, 0.3) is 0 Å². The second-order valence-electron chi connectivity index (χ2n) is 8.10. The molecule has 2 N–H and O–H groups in total. The third kappa shape index (κ3) is 2.82. The van der Waals surface area contributed by atoms with Crippen LogP contribution in [0.4, 0.5) is 4.79 Å². The standard InChI is InChI=1S/C15H21N5O6S/c1-16-15(4-5-15)7-11-17-18-12(25-11)9-6-14(2-3-14)10-8-19(9)13(21)20(10)26-27(22,23)24/h9-10,16H,2-8H2,1H3,(H,22,23,24)/t9-,10-/m0/s1. The fraction of sp³-hybridized carbons (Fsp3) is 0.800. The molecule has 1 aromatic heterocycles. The Morgan fingerprint density at radius 3 is 2.67 bits per heavy atom. The van der Waals surface area contributed by atoms with Crippen molar-refractivity contribution in [1.29, 1.82) is 0 Å². The molecule has 4 fully saturated rings. The minimum Gasteiger partial charge on any atom is -0.423 e. The number of carbonyl (C=O) groups is 1. The number of nitrogens with one attached hydrogen (secondary N) is 1. The summed E-state index contributed by atoms with van der Waals surface area (Å²) in [6.07, 6.45) is 5.06. The number of hydrogen-bond acceptors (Lipinski definition) is 8. The summed E-state index contributed by atoms with van der Waals surface area (Å²) in [5, 5.41) is 12.4. The lowest BCUT2D eigenvalue weighted by Crippen LogP contribution is -2.43. The number of rotatable bonds is 6. The van der Waals surface area contributed by atoms with Crippen molar-refractivity contribution in [3.63, 3.8) is 0 Å². The largest absolute Gasteiger partial charge is 0.423 e. The number of fused-ring (bicyclic) bond motifs is 3. The van der Waals surface area contributed by atoms with E-state index in [4.69, 9.17) is 8.97 Å². The third-order valence-electron chi connectivity index (χ3n) is 6.48. The van der Waals surface area contributed by atoms with Gasteiger partial charge in [0.05, 0.1) is 6.04 Å². The van der Waals surface area contributed by atoms with Crippen LogP contribution in [0.25, 0.3) is 0 Å². The summed E-state index contributed by atoms with van der Waals surface area (Å²) in [4.78, 5) is 14.2. The molecule has 27 heavy (non-hydrogen) atoms. The maximum atomic E-state index is 12.7. The Hall–Kier alpha value is -1.76. The molecule has 0 unspecified atom stereocenters. The van der Waals surface area contributed by atoms with Crippen molar-refractivity contribution in [3.8, 4) is 0 Å². The van der Waals surface area contributed by atoms with Crippen LogP contribution >= 0.6 is 0 Å². The molecule has 1 aromatic rings. The lowest BCUT2D eigenvalue weighted by Gasteiger charge is -2.34. The lowest BCUT2D eigenvalue weighted by molar-refractivity contribution is -0.0530. The number of hydroxylamine groups is 2. The molecule has 2 aliphatic heterocycles. The molecule has 1 spiro atoms. The maximum absolute atomic E-state index is 12.7. The van der Waals surface area contributed by atoms with Gasteiger partial charge in [-0.3, -0.25) is 4.55 Å². The molecule has 12 heteroatoms. The minimum absolute atomic E-state index is 0.0305. The van der Waals surface area contributed by atoms with E-state index in [0.29, 0.717) is 31.2 Å². The van der Waals surface area contributed by atoms with E-state index in [1.807, 2.05) is 7.05 Å². The van der Waals surface area contributed by atoms with Gasteiger partial charge in [-0.15, -0.1) is 14.5 Å². The van der Waals surface area contributed by atoms with Gasteiger partial charge < -0.3 is 14.6 Å². The highest BCUT2D eigenvalue weighted by Crippen LogP contribution is 2.61. The number of urea groups is 1. The topological polar surface area (TPSA) is 138 Å². The van der Waals surface area contributed by atoms with Gasteiger partial charge in [-0.2, -0.15) is 13.5 Å². The Morgan fingerprint density at radius 1 is 1.33 bits per heavy atom. The number of piperidine rings is 1. The fourth-order valence-corrected chi connectivity index (χ4v) is 4.84. The number of likely N-dealkylation sites (N-methyl/N-ethyl adjacent to an activating group) is 1. The zero-order chi connectivity index (χ0) is 19.0. The zero-order valence-electron chi connectivity index (χ0n) is 14.8. The molecule has 3 heterocycles. The van der Waals surface area contributed by atoms with Gasteiger partial charge >= 0.3 is 16.4 Å². The molecule has 0 radical (unpaired) electrons. The molecule has 2 amide bonds. The predicted octanol–water partition coefficient (Wildman–Crippen LogP) is 0.430. The van der Waals surface area contributed by atoms with Crippen molar-refractivity contribution >= 4 is 16.4 Å². The fourth-order valence-electron chi connectivity index (χ4n) is 4.46. The summed E-state index contributed by atoms with van der Waals surface area (Å²) in [7, 11) is -2.86. The second-order valence-corrected chi connectivity index (χ2v) is 9.11. The Labute approximate surface area is 155 Å². The highest BCUT2D eigenvalue weighted by molar-refractivity contribution is 7.80. The van der Waals surface area contributed by atoms with E-state index in [2.05, 4.69) is 19.8 Å². The average molecular weight is 399 g/mol. The molecule has 148 valence electrons. The average Bonchev–Trinajstić information content (AvgIpc) is 3.49. The number of hydrogen-bond donors (Lipinski definition) is 2. The first-order valence-corrected chi connectivity index (χ1v) is 10.4. The summed E-state index contributed by atoms with van der Waals surface area (Å²) in [6.45, 7) is 0.303. The maximum Gasteiger partial charge on any atom is 0.418 e. The van der Waals surface area contributed by atoms with Crippen LogP contribution in [-0.2, 0) is 21.1 Å². The van der Waals surface area contributed by atoms with Crippen molar-refractivity contribution in [2.24, 2.45) is 5.41 Å². The van der Waals surface area contributed by atoms with Crippen LogP contribution < -0.4 is 5.32 Å². The van der Waals surface area contributed by atoms with E-state index in [0.717, 1.165) is 30.7 Å². The van der Waals surface area contributed by atoms with E-state index in [1.165, 1.54) is 4.90 Å². The van der Waals surface area contributed by atoms with Gasteiger partial charge in [-0.05, 0) is 44.6 Å². The van der Waals surface area contributed by atoms with Crippen LogP contribution in [0.5, 0.6) is 0 Å². The van der Waals surface area contributed by atoms with Gasteiger partial charge in [0.2, 0.25) is 11.8 Å². The summed E-state index contributed by atoms with van der Waals surface area (Å²) in [6, 6.07) is -1.44. The van der Waals surface area contributed by atoms with Gasteiger partial charge in [-0.25, -0.2) is 4.79 Å². The van der Waals surface area contributed by atoms with Gasteiger partial charge in [-0.1, -0.05) is 0 Å². The van der Waals surface area contributed by atoms with E-state index >= 15 is 0 Å². The molecular formula is C15H21N5O6S. The Kier molecular flexibility index (Phi) is 3.47. The summed E-state index contributed by atoms with van der Waals surface area (Å²) < 4.78 is 41.8. The number of carbonyl (C=O) groups excluding carboxylic acids is 1. The highest BCUT2D eigenvalue weighted by atomic mass is 32.3. The molecule has 2 aliphatic carbocycles. The number of aromatic nitrogens is 2. The van der Waals surface area contributed by atoms with Crippen molar-refractivity contribution in [1.82, 2.24) is 25.5 Å². The second kappa shape index (κ2) is 5.40. The van der Waals surface area contributed by atoms with E-state index < -0.39 is 28.5 Å². The van der Waals surface area contributed by atoms with E-state index in [1.54, 1.807) is 0 Å². The van der Waals surface area contributed by atoms with Crippen LogP contribution in [-0.4, -0.2) is 64.3 Å². The van der Waals surface area contributed by atoms with Crippen molar-refractivity contribution in [3.05, 3.63) is 11.8 Å². The molecular weight excluding hydrogens is 378 g/mol. The molecule has 11 nitrogen and oxygen atoms in total. The van der Waals surface area contributed by atoms with Crippen molar-refractivity contribution in [2.75, 3.05) is 13.6 Å². The normalized spacial score (nSPS) is 30.2. The first kappa shape index (κ1) is 17.3. The van der Waals surface area contributed by atoms with Gasteiger partial charge in [0.1, 0.15) is 6.04 Å². The lowest BCUT2D eigenvalue weighted by atomic mass is 9.85.